The molecule has 0 bridgehead atoms. The molecule has 2 rings (SSSR count). The van der Waals surface area contributed by atoms with Crippen LogP contribution < -0.4 is 4.74 Å². The lowest BCUT2D eigenvalue weighted by atomic mass is 10.1. The fraction of sp³-hybridized carbons (Fsp3) is 0.250. The summed E-state index contributed by atoms with van der Waals surface area (Å²) < 4.78 is 5.72. The molecule has 99 valence electrons. The van der Waals surface area contributed by atoms with Gasteiger partial charge in [-0.1, -0.05) is 29.8 Å². The summed E-state index contributed by atoms with van der Waals surface area (Å²) in [5, 5.41) is 0.627. The molecule has 0 spiro atoms. The molecule has 0 aromatic heterocycles. The van der Waals surface area contributed by atoms with Gasteiger partial charge in [0.1, 0.15) is 12.4 Å². The van der Waals surface area contributed by atoms with Crippen molar-refractivity contribution in [3.8, 4) is 16.9 Å². The minimum atomic E-state index is 0.627. The maximum Gasteiger partial charge on any atom is 0.119 e. The first-order valence-electron chi connectivity index (χ1n) is 6.20. The summed E-state index contributed by atoms with van der Waals surface area (Å²) in [7, 11) is 4.06. The molecule has 0 unspecified atom stereocenters. The molecule has 0 aliphatic heterocycles. The van der Waals surface area contributed by atoms with Gasteiger partial charge < -0.3 is 9.64 Å². The Morgan fingerprint density at radius 1 is 1.16 bits per heavy atom. The lowest BCUT2D eigenvalue weighted by Crippen LogP contribution is -2.19. The molecule has 19 heavy (non-hydrogen) atoms. The van der Waals surface area contributed by atoms with E-state index in [4.69, 9.17) is 16.3 Å². The van der Waals surface area contributed by atoms with Crippen LogP contribution in [-0.2, 0) is 0 Å². The number of halogens is 1. The Bertz CT molecular complexity index is 523. The van der Waals surface area contributed by atoms with Crippen molar-refractivity contribution < 1.29 is 4.74 Å². The third-order valence-corrected chi connectivity index (χ3v) is 2.98. The van der Waals surface area contributed by atoms with Gasteiger partial charge in [0, 0.05) is 17.6 Å². The van der Waals surface area contributed by atoms with E-state index in [0.717, 1.165) is 23.4 Å². The van der Waals surface area contributed by atoms with Crippen LogP contribution >= 0.6 is 11.6 Å². The second kappa shape index (κ2) is 6.60. The van der Waals surface area contributed by atoms with Crippen LogP contribution in [0.1, 0.15) is 0 Å². The summed E-state index contributed by atoms with van der Waals surface area (Å²) in [5.41, 5.74) is 2.19. The molecule has 0 aliphatic rings. The van der Waals surface area contributed by atoms with Crippen molar-refractivity contribution >= 4 is 11.6 Å². The van der Waals surface area contributed by atoms with E-state index >= 15 is 0 Å². The maximum atomic E-state index is 5.84. The zero-order valence-electron chi connectivity index (χ0n) is 11.2. The lowest BCUT2D eigenvalue weighted by Gasteiger charge is -2.11. The summed E-state index contributed by atoms with van der Waals surface area (Å²) in [6.07, 6.45) is 0. The highest BCUT2D eigenvalue weighted by Gasteiger charge is 2.01. The van der Waals surface area contributed by atoms with Gasteiger partial charge in [0.15, 0.2) is 0 Å². The Hall–Kier alpha value is -1.51. The minimum Gasteiger partial charge on any atom is -0.492 e. The highest BCUT2D eigenvalue weighted by Crippen LogP contribution is 2.24. The van der Waals surface area contributed by atoms with E-state index in [1.165, 1.54) is 0 Å². The van der Waals surface area contributed by atoms with Crippen molar-refractivity contribution in [1.29, 1.82) is 0 Å². The summed E-state index contributed by atoms with van der Waals surface area (Å²) in [6.45, 7) is 1.59. The monoisotopic (exact) mass is 274 g/mol. The van der Waals surface area contributed by atoms with Crippen LogP contribution in [0, 0.1) is 6.07 Å². The fourth-order valence-electron chi connectivity index (χ4n) is 1.70. The predicted molar refractivity (Wildman–Crippen MR) is 79.8 cm³/mol. The van der Waals surface area contributed by atoms with Crippen molar-refractivity contribution in [3.63, 3.8) is 0 Å². The Balaban J connectivity index is 2.08. The van der Waals surface area contributed by atoms with Gasteiger partial charge in [-0.05, 0) is 49.5 Å². The van der Waals surface area contributed by atoms with Crippen LogP contribution in [0.3, 0.4) is 0 Å². The summed E-state index contributed by atoms with van der Waals surface area (Å²) >= 11 is 5.84. The van der Waals surface area contributed by atoms with Crippen molar-refractivity contribution in [2.75, 3.05) is 27.2 Å². The van der Waals surface area contributed by atoms with Crippen molar-refractivity contribution in [2.45, 2.75) is 0 Å². The molecule has 0 N–H and O–H groups in total. The van der Waals surface area contributed by atoms with Crippen LogP contribution in [0.25, 0.3) is 11.1 Å². The van der Waals surface area contributed by atoms with Gasteiger partial charge in [-0.3, -0.25) is 0 Å². The molecule has 0 aliphatic carbocycles. The number of rotatable bonds is 5. The maximum absolute atomic E-state index is 5.84. The van der Waals surface area contributed by atoms with Crippen LogP contribution in [0.2, 0.25) is 5.02 Å². The van der Waals surface area contributed by atoms with Crippen molar-refractivity contribution in [3.05, 3.63) is 53.6 Å². The van der Waals surface area contributed by atoms with E-state index < -0.39 is 0 Å². The highest BCUT2D eigenvalue weighted by molar-refractivity contribution is 6.30. The quantitative estimate of drug-likeness (QED) is 0.823. The Morgan fingerprint density at radius 3 is 2.68 bits per heavy atom. The van der Waals surface area contributed by atoms with Crippen LogP contribution in [-0.4, -0.2) is 32.1 Å². The molecule has 0 amide bonds. The predicted octanol–water partition coefficient (Wildman–Crippen LogP) is 3.75. The van der Waals surface area contributed by atoms with Crippen LogP contribution in [0.15, 0.2) is 42.5 Å². The van der Waals surface area contributed by atoms with Crippen LogP contribution in [0.5, 0.6) is 5.75 Å². The minimum absolute atomic E-state index is 0.627. The third-order valence-electron chi connectivity index (χ3n) is 2.75. The topological polar surface area (TPSA) is 12.5 Å². The molecule has 1 radical (unpaired) electrons. The molecular weight excluding hydrogens is 258 g/mol. The van der Waals surface area contributed by atoms with E-state index in [9.17, 15) is 0 Å². The van der Waals surface area contributed by atoms with E-state index in [-0.39, 0.29) is 0 Å². The normalized spacial score (nSPS) is 10.7. The van der Waals surface area contributed by atoms with Gasteiger partial charge in [0.05, 0.1) is 0 Å². The third kappa shape index (κ3) is 4.27. The molecule has 0 fully saturated rings. The highest BCUT2D eigenvalue weighted by atomic mass is 35.5. The first kappa shape index (κ1) is 13.9. The number of hydrogen-bond donors (Lipinski definition) is 0. The average Bonchev–Trinajstić information content (AvgIpc) is 2.39. The van der Waals surface area contributed by atoms with E-state index in [2.05, 4.69) is 17.0 Å². The standard InChI is InChI=1S/C16H17ClNO/c1-18(2)10-11-19-16-5-3-4-14(12-16)13-6-8-15(17)9-7-13/h3-8,12H,10-11H2,1-2H3. The zero-order valence-corrected chi connectivity index (χ0v) is 11.9. The number of ether oxygens (including phenoxy) is 1. The first-order chi connectivity index (χ1) is 9.15. The SMILES string of the molecule is CN(C)CCOc1cccc(-c2c[c]c(Cl)cc2)c1. The number of nitrogens with zero attached hydrogens (tertiary/aromatic N) is 1. The number of hydrogen-bond acceptors (Lipinski definition) is 2. The molecule has 3 heteroatoms. The average molecular weight is 275 g/mol. The second-order valence-corrected chi connectivity index (χ2v) is 5.01. The Labute approximate surface area is 119 Å². The smallest absolute Gasteiger partial charge is 0.119 e. The van der Waals surface area contributed by atoms with Gasteiger partial charge >= 0.3 is 0 Å². The van der Waals surface area contributed by atoms with Crippen LogP contribution in [0.4, 0.5) is 0 Å². The van der Waals surface area contributed by atoms with Gasteiger partial charge in [-0.25, -0.2) is 0 Å². The molecule has 2 aromatic carbocycles. The number of benzene rings is 2. The first-order valence-corrected chi connectivity index (χ1v) is 6.58. The van der Waals surface area contributed by atoms with Gasteiger partial charge in [0.2, 0.25) is 0 Å². The van der Waals surface area contributed by atoms with E-state index in [1.807, 2.05) is 50.5 Å². The van der Waals surface area contributed by atoms with Crippen molar-refractivity contribution in [1.82, 2.24) is 4.90 Å². The van der Waals surface area contributed by atoms with E-state index in [1.54, 1.807) is 0 Å². The molecular formula is C16H17ClNO. The van der Waals surface area contributed by atoms with Gasteiger partial charge in [-0.15, -0.1) is 0 Å². The van der Waals surface area contributed by atoms with Gasteiger partial charge in [0.25, 0.3) is 0 Å². The Morgan fingerprint density at radius 2 is 2.00 bits per heavy atom. The van der Waals surface area contributed by atoms with Crippen molar-refractivity contribution in [2.24, 2.45) is 0 Å². The molecule has 0 saturated carbocycles. The largest absolute Gasteiger partial charge is 0.492 e. The van der Waals surface area contributed by atoms with Gasteiger partial charge in [-0.2, -0.15) is 0 Å². The summed E-state index contributed by atoms with van der Waals surface area (Å²) in [6, 6.07) is 16.8. The molecule has 0 heterocycles. The number of likely N-dealkylation sites (N-methyl/N-ethyl adjacent to an activating group) is 1. The molecule has 2 aromatic rings. The molecule has 0 saturated heterocycles. The van der Waals surface area contributed by atoms with E-state index in [0.29, 0.717) is 11.6 Å². The summed E-state index contributed by atoms with van der Waals surface area (Å²) in [4.78, 5) is 2.10. The second-order valence-electron chi connectivity index (χ2n) is 4.60. The zero-order chi connectivity index (χ0) is 13.7. The summed E-state index contributed by atoms with van der Waals surface area (Å²) in [5.74, 6) is 0.884. The molecule has 2 nitrogen and oxygen atoms in total. The Kier molecular flexibility index (Phi) is 4.83. The molecule has 0 atom stereocenters. The lowest BCUT2D eigenvalue weighted by molar-refractivity contribution is 0.261. The fourth-order valence-corrected chi connectivity index (χ4v) is 1.81.